The number of carbonyl (C=O) groups is 1. The third-order valence-electron chi connectivity index (χ3n) is 5.13. The van der Waals surface area contributed by atoms with E-state index in [0.717, 1.165) is 39.0 Å². The third-order valence-corrected chi connectivity index (χ3v) is 5.13. The first-order valence-electron chi connectivity index (χ1n) is 7.92. The Balaban J connectivity index is 0.00000161. The Kier molecular flexibility index (Phi) is 5.88. The Labute approximate surface area is 132 Å². The fraction of sp³-hybridized carbons (Fsp3) is 0.933. The number of hydrogen-bond acceptors (Lipinski definition) is 4. The van der Waals surface area contributed by atoms with Crippen LogP contribution < -0.4 is 5.73 Å². The van der Waals surface area contributed by atoms with Crippen LogP contribution in [0.2, 0.25) is 0 Å². The van der Waals surface area contributed by atoms with Gasteiger partial charge in [0.05, 0.1) is 12.7 Å². The maximum atomic E-state index is 12.4. The number of likely N-dealkylation sites (tertiary alicyclic amines) is 1. The number of fused-ring (bicyclic) bond motifs is 1. The predicted molar refractivity (Wildman–Crippen MR) is 82.4 cm³/mol. The second-order valence-electron chi connectivity index (χ2n) is 6.52. The van der Waals surface area contributed by atoms with Gasteiger partial charge in [0.1, 0.15) is 6.10 Å². The van der Waals surface area contributed by atoms with Crippen LogP contribution in [0, 0.1) is 11.8 Å². The minimum absolute atomic E-state index is 0. The van der Waals surface area contributed by atoms with E-state index in [4.69, 9.17) is 15.2 Å². The van der Waals surface area contributed by atoms with Crippen LogP contribution in [0.15, 0.2) is 0 Å². The molecule has 2 saturated heterocycles. The number of nitrogens with zero attached hydrogens (tertiary/aromatic N) is 1. The van der Waals surface area contributed by atoms with Gasteiger partial charge < -0.3 is 20.1 Å². The lowest BCUT2D eigenvalue weighted by Gasteiger charge is -2.23. The lowest BCUT2D eigenvalue weighted by molar-refractivity contribution is -0.143. The summed E-state index contributed by atoms with van der Waals surface area (Å²) in [4.78, 5) is 14.4. The molecule has 21 heavy (non-hydrogen) atoms. The van der Waals surface area contributed by atoms with Crippen molar-refractivity contribution in [3.8, 4) is 0 Å². The second-order valence-corrected chi connectivity index (χ2v) is 6.52. The molecule has 2 aliphatic heterocycles. The van der Waals surface area contributed by atoms with Crippen LogP contribution in [0.5, 0.6) is 0 Å². The molecule has 0 aromatic carbocycles. The maximum absolute atomic E-state index is 12.4. The van der Waals surface area contributed by atoms with E-state index in [1.54, 1.807) is 0 Å². The number of carbonyl (C=O) groups excluding carboxylic acids is 1. The molecular formula is C15H27ClN2O3. The van der Waals surface area contributed by atoms with Crippen molar-refractivity contribution in [2.75, 3.05) is 26.3 Å². The van der Waals surface area contributed by atoms with E-state index in [9.17, 15) is 4.79 Å². The van der Waals surface area contributed by atoms with E-state index in [1.807, 2.05) is 11.8 Å². The zero-order chi connectivity index (χ0) is 14.1. The van der Waals surface area contributed by atoms with Gasteiger partial charge in [0.25, 0.3) is 5.91 Å². The maximum Gasteiger partial charge on any atom is 0.251 e. The number of halogens is 1. The number of amides is 1. The summed E-state index contributed by atoms with van der Waals surface area (Å²) in [6.07, 6.45) is 4.24. The first-order chi connectivity index (χ1) is 9.65. The molecule has 1 aliphatic carbocycles. The average molecular weight is 319 g/mol. The normalized spacial score (nSPS) is 36.4. The van der Waals surface area contributed by atoms with Crippen molar-refractivity contribution in [1.82, 2.24) is 4.90 Å². The standard InChI is InChI=1S/C15H26N2O3.ClH/c1-10(20-9-12-3-2-6-19-12)15(18)17-7-11-4-5-14(16)13(11)8-17;/h10-14H,2-9,16H2,1H3;1H. The largest absolute Gasteiger partial charge is 0.376 e. The highest BCUT2D eigenvalue weighted by Gasteiger charge is 2.43. The predicted octanol–water partition coefficient (Wildman–Crippen LogP) is 1.19. The minimum atomic E-state index is -0.366. The molecule has 3 rings (SSSR count). The zero-order valence-electron chi connectivity index (χ0n) is 12.7. The lowest BCUT2D eigenvalue weighted by Crippen LogP contribution is -2.40. The summed E-state index contributed by atoms with van der Waals surface area (Å²) >= 11 is 0. The fourth-order valence-corrected chi connectivity index (χ4v) is 3.84. The van der Waals surface area contributed by atoms with Gasteiger partial charge in [-0.25, -0.2) is 0 Å². The van der Waals surface area contributed by atoms with Crippen molar-refractivity contribution >= 4 is 18.3 Å². The van der Waals surface area contributed by atoms with Crippen LogP contribution in [0.25, 0.3) is 0 Å². The number of hydrogen-bond donors (Lipinski definition) is 1. The number of ether oxygens (including phenoxy) is 2. The molecule has 0 bridgehead atoms. The molecule has 0 radical (unpaired) electrons. The smallest absolute Gasteiger partial charge is 0.251 e. The van der Waals surface area contributed by atoms with Gasteiger partial charge in [-0.15, -0.1) is 12.4 Å². The number of nitrogens with two attached hydrogens (primary N) is 1. The van der Waals surface area contributed by atoms with Crippen molar-refractivity contribution in [2.45, 2.75) is 50.9 Å². The fourth-order valence-electron chi connectivity index (χ4n) is 3.84. The molecule has 0 spiro atoms. The summed E-state index contributed by atoms with van der Waals surface area (Å²) in [6.45, 7) is 4.89. The molecule has 5 atom stereocenters. The van der Waals surface area contributed by atoms with Crippen LogP contribution in [0.3, 0.4) is 0 Å². The van der Waals surface area contributed by atoms with E-state index in [-0.39, 0.29) is 36.6 Å². The molecule has 3 aliphatic rings. The number of rotatable bonds is 4. The van der Waals surface area contributed by atoms with Gasteiger partial charge in [0.2, 0.25) is 0 Å². The van der Waals surface area contributed by atoms with Crippen molar-refractivity contribution in [1.29, 1.82) is 0 Å². The first-order valence-corrected chi connectivity index (χ1v) is 7.92. The van der Waals surface area contributed by atoms with Gasteiger partial charge >= 0.3 is 0 Å². The van der Waals surface area contributed by atoms with Crippen LogP contribution in [-0.2, 0) is 14.3 Å². The highest BCUT2D eigenvalue weighted by Crippen LogP contribution is 2.37. The summed E-state index contributed by atoms with van der Waals surface area (Å²) in [7, 11) is 0. The van der Waals surface area contributed by atoms with Crippen LogP contribution in [0.4, 0.5) is 0 Å². The second kappa shape index (κ2) is 7.27. The molecule has 1 amide bonds. The molecule has 122 valence electrons. The van der Waals surface area contributed by atoms with Gasteiger partial charge in [0.15, 0.2) is 0 Å². The quantitative estimate of drug-likeness (QED) is 0.845. The summed E-state index contributed by atoms with van der Waals surface area (Å²) in [6, 6.07) is 0.279. The molecule has 0 aromatic rings. The van der Waals surface area contributed by atoms with Crippen molar-refractivity contribution in [3.05, 3.63) is 0 Å². The van der Waals surface area contributed by atoms with Crippen molar-refractivity contribution < 1.29 is 14.3 Å². The highest BCUT2D eigenvalue weighted by molar-refractivity contribution is 5.85. The zero-order valence-corrected chi connectivity index (χ0v) is 13.5. The third kappa shape index (κ3) is 3.70. The van der Waals surface area contributed by atoms with Gasteiger partial charge in [-0.2, -0.15) is 0 Å². The van der Waals surface area contributed by atoms with Gasteiger partial charge in [-0.05, 0) is 44.4 Å². The molecular weight excluding hydrogens is 292 g/mol. The molecule has 5 unspecified atom stereocenters. The van der Waals surface area contributed by atoms with E-state index in [0.29, 0.717) is 18.4 Å². The average Bonchev–Trinajstić information content (AvgIpc) is 3.14. The molecule has 6 heteroatoms. The molecule has 2 N–H and O–H groups in total. The Hall–Kier alpha value is -0.360. The molecule has 0 aromatic heterocycles. The Morgan fingerprint density at radius 3 is 2.86 bits per heavy atom. The van der Waals surface area contributed by atoms with Gasteiger partial charge in [-0.3, -0.25) is 4.79 Å². The Morgan fingerprint density at radius 2 is 2.19 bits per heavy atom. The van der Waals surface area contributed by atoms with E-state index in [2.05, 4.69) is 0 Å². The van der Waals surface area contributed by atoms with Crippen molar-refractivity contribution in [2.24, 2.45) is 17.6 Å². The van der Waals surface area contributed by atoms with Crippen LogP contribution in [0.1, 0.15) is 32.6 Å². The molecule has 3 fully saturated rings. The highest BCUT2D eigenvalue weighted by atomic mass is 35.5. The SMILES string of the molecule is CC(OCC1CCCO1)C(=O)N1CC2CCC(N)C2C1.Cl. The van der Waals surface area contributed by atoms with Crippen LogP contribution in [-0.4, -0.2) is 55.4 Å². The van der Waals surface area contributed by atoms with Crippen LogP contribution >= 0.6 is 12.4 Å². The molecule has 1 saturated carbocycles. The van der Waals surface area contributed by atoms with Gasteiger partial charge in [0, 0.05) is 25.7 Å². The Bertz CT molecular complexity index is 363. The summed E-state index contributed by atoms with van der Waals surface area (Å²) < 4.78 is 11.2. The van der Waals surface area contributed by atoms with Gasteiger partial charge in [-0.1, -0.05) is 0 Å². The topological polar surface area (TPSA) is 64.8 Å². The summed E-state index contributed by atoms with van der Waals surface area (Å²) in [5.41, 5.74) is 6.11. The van der Waals surface area contributed by atoms with E-state index in [1.165, 1.54) is 6.42 Å². The van der Waals surface area contributed by atoms with E-state index < -0.39 is 0 Å². The van der Waals surface area contributed by atoms with E-state index >= 15 is 0 Å². The summed E-state index contributed by atoms with van der Waals surface area (Å²) in [5, 5.41) is 0. The van der Waals surface area contributed by atoms with Crippen molar-refractivity contribution in [3.63, 3.8) is 0 Å². The minimum Gasteiger partial charge on any atom is -0.376 e. The summed E-state index contributed by atoms with van der Waals surface area (Å²) in [5.74, 6) is 1.23. The monoisotopic (exact) mass is 318 g/mol. The molecule has 5 nitrogen and oxygen atoms in total. The Morgan fingerprint density at radius 1 is 1.38 bits per heavy atom. The lowest BCUT2D eigenvalue weighted by atomic mass is 9.98. The molecule has 2 heterocycles. The first kappa shape index (κ1) is 17.0.